The molecular formula is C21H28N4O4. The number of aliphatic carboxylic acids is 1. The van der Waals surface area contributed by atoms with Gasteiger partial charge >= 0.3 is 12.1 Å². The van der Waals surface area contributed by atoms with Crippen molar-refractivity contribution < 1.29 is 19.4 Å². The molecule has 29 heavy (non-hydrogen) atoms. The van der Waals surface area contributed by atoms with Crippen LogP contribution in [0.4, 0.5) is 4.79 Å². The molecule has 8 heteroatoms. The molecule has 2 N–H and O–H groups in total. The molecular weight excluding hydrogens is 372 g/mol. The van der Waals surface area contributed by atoms with Crippen LogP contribution < -0.4 is 5.32 Å². The number of imidazole rings is 1. The maximum Gasteiger partial charge on any atom is 0.407 e. The Morgan fingerprint density at radius 3 is 2.86 bits per heavy atom. The number of hydrogen-bond acceptors (Lipinski definition) is 5. The van der Waals surface area contributed by atoms with Gasteiger partial charge in [0.25, 0.3) is 0 Å². The van der Waals surface area contributed by atoms with E-state index in [1.165, 1.54) is 0 Å². The number of rotatable bonds is 9. The van der Waals surface area contributed by atoms with Crippen molar-refractivity contribution in [2.75, 3.05) is 13.1 Å². The number of hydrogen-bond donors (Lipinski definition) is 2. The van der Waals surface area contributed by atoms with E-state index < -0.39 is 18.1 Å². The molecule has 1 aliphatic heterocycles. The normalized spacial score (nSPS) is 17.8. The molecule has 1 aliphatic rings. The van der Waals surface area contributed by atoms with E-state index in [2.05, 4.69) is 17.2 Å². The Balaban J connectivity index is 1.49. The van der Waals surface area contributed by atoms with Gasteiger partial charge in [-0.3, -0.25) is 9.69 Å². The first kappa shape index (κ1) is 20.9. The number of carbonyl (C=O) groups excluding carboxylic acids is 1. The Morgan fingerprint density at radius 1 is 1.34 bits per heavy atom. The maximum atomic E-state index is 12.1. The molecule has 0 saturated carbocycles. The number of carboxylic acid groups (broad SMARTS) is 1. The SMILES string of the molecule is CCCn1cnc(C[C@@H](C(=O)O)N2CC[C@H](NC(=O)OCc3ccccc3)C2)c1. The lowest BCUT2D eigenvalue weighted by atomic mass is 10.1. The predicted molar refractivity (Wildman–Crippen MR) is 107 cm³/mol. The number of nitrogens with zero attached hydrogens (tertiary/aromatic N) is 3. The van der Waals surface area contributed by atoms with Crippen LogP contribution in [0.5, 0.6) is 0 Å². The summed E-state index contributed by atoms with van der Waals surface area (Å²) in [5, 5.41) is 12.5. The summed E-state index contributed by atoms with van der Waals surface area (Å²) in [6.07, 6.45) is 5.20. The fourth-order valence-electron chi connectivity index (χ4n) is 3.58. The van der Waals surface area contributed by atoms with E-state index in [0.29, 0.717) is 25.9 Å². The topological polar surface area (TPSA) is 96.7 Å². The van der Waals surface area contributed by atoms with Crippen LogP contribution >= 0.6 is 0 Å². The van der Waals surface area contributed by atoms with Crippen LogP contribution in [0.3, 0.4) is 0 Å². The molecule has 1 aromatic heterocycles. The zero-order chi connectivity index (χ0) is 20.6. The average Bonchev–Trinajstić information content (AvgIpc) is 3.35. The van der Waals surface area contributed by atoms with Crippen molar-refractivity contribution >= 4 is 12.1 Å². The Hall–Kier alpha value is -2.87. The van der Waals surface area contributed by atoms with Crippen LogP contribution in [0.15, 0.2) is 42.9 Å². The van der Waals surface area contributed by atoms with E-state index in [-0.39, 0.29) is 12.6 Å². The second-order valence-corrected chi connectivity index (χ2v) is 7.35. The third kappa shape index (κ3) is 6.05. The van der Waals surface area contributed by atoms with Gasteiger partial charge in [0.15, 0.2) is 0 Å². The molecule has 0 spiro atoms. The van der Waals surface area contributed by atoms with Crippen molar-refractivity contribution in [3.05, 3.63) is 54.1 Å². The fourth-order valence-corrected chi connectivity index (χ4v) is 3.58. The number of amides is 1. The van der Waals surface area contributed by atoms with Crippen LogP contribution in [0, 0.1) is 0 Å². The molecule has 0 aliphatic carbocycles. The minimum Gasteiger partial charge on any atom is -0.480 e. The molecule has 0 unspecified atom stereocenters. The van der Waals surface area contributed by atoms with E-state index >= 15 is 0 Å². The number of aromatic nitrogens is 2. The molecule has 1 saturated heterocycles. The van der Waals surface area contributed by atoms with Gasteiger partial charge in [-0.1, -0.05) is 37.3 Å². The molecule has 1 amide bonds. The second kappa shape index (κ2) is 10.1. The van der Waals surface area contributed by atoms with Gasteiger partial charge in [-0.05, 0) is 18.4 Å². The third-order valence-electron chi connectivity index (χ3n) is 5.05. The average molecular weight is 400 g/mol. The fraction of sp³-hybridized carbons (Fsp3) is 0.476. The molecule has 3 rings (SSSR count). The maximum absolute atomic E-state index is 12.1. The van der Waals surface area contributed by atoms with Gasteiger partial charge < -0.3 is 19.7 Å². The molecule has 0 bridgehead atoms. The zero-order valence-corrected chi connectivity index (χ0v) is 16.7. The summed E-state index contributed by atoms with van der Waals surface area (Å²) in [6.45, 7) is 4.25. The zero-order valence-electron chi connectivity index (χ0n) is 16.7. The van der Waals surface area contributed by atoms with Gasteiger partial charge in [0.1, 0.15) is 12.6 Å². The quantitative estimate of drug-likeness (QED) is 0.670. The summed E-state index contributed by atoms with van der Waals surface area (Å²) in [6, 6.07) is 8.69. The molecule has 2 atom stereocenters. The van der Waals surface area contributed by atoms with Crippen LogP contribution in [0.2, 0.25) is 0 Å². The number of ether oxygens (including phenoxy) is 1. The Morgan fingerprint density at radius 2 is 2.14 bits per heavy atom. The number of alkyl carbamates (subject to hydrolysis) is 1. The van der Waals surface area contributed by atoms with Crippen LogP contribution in [0.25, 0.3) is 0 Å². The molecule has 156 valence electrons. The van der Waals surface area contributed by atoms with E-state index in [9.17, 15) is 14.7 Å². The van der Waals surface area contributed by atoms with E-state index in [4.69, 9.17) is 4.74 Å². The Bertz CT molecular complexity index is 808. The van der Waals surface area contributed by atoms with Crippen LogP contribution in [0.1, 0.15) is 31.0 Å². The lowest BCUT2D eigenvalue weighted by Crippen LogP contribution is -2.44. The van der Waals surface area contributed by atoms with Crippen molar-refractivity contribution in [1.29, 1.82) is 0 Å². The minimum atomic E-state index is -0.873. The number of nitrogens with one attached hydrogen (secondary N) is 1. The first-order chi connectivity index (χ1) is 14.0. The monoisotopic (exact) mass is 400 g/mol. The van der Waals surface area contributed by atoms with E-state index in [0.717, 1.165) is 24.2 Å². The number of carboxylic acids is 1. The van der Waals surface area contributed by atoms with Gasteiger partial charge in [0.2, 0.25) is 0 Å². The summed E-state index contributed by atoms with van der Waals surface area (Å²) in [7, 11) is 0. The van der Waals surface area contributed by atoms with Crippen molar-refractivity contribution in [3.63, 3.8) is 0 Å². The minimum absolute atomic E-state index is 0.127. The van der Waals surface area contributed by atoms with Crippen molar-refractivity contribution in [3.8, 4) is 0 Å². The van der Waals surface area contributed by atoms with Crippen molar-refractivity contribution in [2.24, 2.45) is 0 Å². The van der Waals surface area contributed by atoms with Crippen LogP contribution in [-0.4, -0.2) is 56.8 Å². The van der Waals surface area contributed by atoms with Gasteiger partial charge in [-0.15, -0.1) is 0 Å². The largest absolute Gasteiger partial charge is 0.480 e. The number of aryl methyl sites for hydroxylation is 1. The summed E-state index contributed by atoms with van der Waals surface area (Å²) in [5.74, 6) is -0.873. The van der Waals surface area contributed by atoms with E-state index in [1.54, 1.807) is 6.33 Å². The van der Waals surface area contributed by atoms with Crippen LogP contribution in [-0.2, 0) is 29.1 Å². The smallest absolute Gasteiger partial charge is 0.407 e. The summed E-state index contributed by atoms with van der Waals surface area (Å²) >= 11 is 0. The number of carbonyl (C=O) groups is 2. The third-order valence-corrected chi connectivity index (χ3v) is 5.05. The molecule has 1 fully saturated rings. The first-order valence-electron chi connectivity index (χ1n) is 10.00. The number of benzene rings is 1. The first-order valence-corrected chi connectivity index (χ1v) is 10.00. The highest BCUT2D eigenvalue weighted by molar-refractivity contribution is 5.74. The summed E-state index contributed by atoms with van der Waals surface area (Å²) in [4.78, 5) is 30.1. The summed E-state index contributed by atoms with van der Waals surface area (Å²) < 4.78 is 7.23. The van der Waals surface area contributed by atoms with Crippen molar-refractivity contribution in [1.82, 2.24) is 19.8 Å². The standard InChI is InChI=1S/C21H28N4O4/c1-2-9-24-12-18(22-15-24)11-19(20(26)27)25-10-8-17(13-25)23-21(28)29-14-16-6-4-3-5-7-16/h3-7,12,15,17,19H,2,8-11,13-14H2,1H3,(H,23,28)(H,26,27)/t17-,19-/m0/s1. The van der Waals surface area contributed by atoms with Crippen molar-refractivity contribution in [2.45, 2.75) is 51.4 Å². The molecule has 1 aromatic carbocycles. The highest BCUT2D eigenvalue weighted by atomic mass is 16.5. The molecule has 0 radical (unpaired) electrons. The molecule has 8 nitrogen and oxygen atoms in total. The number of likely N-dealkylation sites (tertiary alicyclic amines) is 1. The van der Waals surface area contributed by atoms with Gasteiger partial charge in [-0.25, -0.2) is 9.78 Å². The van der Waals surface area contributed by atoms with Gasteiger partial charge in [-0.2, -0.15) is 0 Å². The van der Waals surface area contributed by atoms with Gasteiger partial charge in [0, 0.05) is 38.3 Å². The lowest BCUT2D eigenvalue weighted by Gasteiger charge is -2.23. The predicted octanol–water partition coefficient (Wildman–Crippen LogP) is 2.29. The highest BCUT2D eigenvalue weighted by Crippen LogP contribution is 2.17. The Labute approximate surface area is 170 Å². The molecule has 2 aromatic rings. The highest BCUT2D eigenvalue weighted by Gasteiger charge is 2.33. The van der Waals surface area contributed by atoms with Gasteiger partial charge in [0.05, 0.1) is 12.0 Å². The Kier molecular flexibility index (Phi) is 7.24. The molecule has 2 heterocycles. The summed E-state index contributed by atoms with van der Waals surface area (Å²) in [5.41, 5.74) is 1.69. The second-order valence-electron chi connectivity index (χ2n) is 7.35. The lowest BCUT2D eigenvalue weighted by molar-refractivity contribution is -0.142. The van der Waals surface area contributed by atoms with E-state index in [1.807, 2.05) is 46.0 Å².